The fourth-order valence-corrected chi connectivity index (χ4v) is 3.34. The van der Waals surface area contributed by atoms with Crippen LogP contribution >= 0.6 is 11.6 Å². The van der Waals surface area contributed by atoms with Gasteiger partial charge in [0.1, 0.15) is 5.75 Å². The van der Waals surface area contributed by atoms with Crippen LogP contribution in [0.25, 0.3) is 0 Å². The molecule has 0 fully saturated rings. The summed E-state index contributed by atoms with van der Waals surface area (Å²) in [5.41, 5.74) is 3.86. The van der Waals surface area contributed by atoms with Crippen molar-refractivity contribution >= 4 is 11.6 Å². The number of rotatable bonds is 5. The molecule has 122 valence electrons. The molecule has 0 bridgehead atoms. The Morgan fingerprint density at radius 2 is 1.96 bits per heavy atom. The van der Waals surface area contributed by atoms with Gasteiger partial charge in [-0.3, -0.25) is 4.90 Å². The van der Waals surface area contributed by atoms with Crippen molar-refractivity contribution in [3.8, 4) is 5.75 Å². The van der Waals surface area contributed by atoms with Gasteiger partial charge in [0.25, 0.3) is 0 Å². The van der Waals surface area contributed by atoms with Gasteiger partial charge in [-0.25, -0.2) is 0 Å². The normalized spacial score (nSPS) is 16.1. The molecule has 0 aromatic heterocycles. The van der Waals surface area contributed by atoms with Crippen molar-refractivity contribution in [2.75, 3.05) is 13.1 Å². The lowest BCUT2D eigenvalue weighted by Gasteiger charge is -2.31. The van der Waals surface area contributed by atoms with Crippen LogP contribution in [-0.4, -0.2) is 29.1 Å². The van der Waals surface area contributed by atoms with Crippen molar-refractivity contribution in [1.29, 1.82) is 0 Å². The fraction of sp³-hybridized carbons (Fsp3) is 0.368. The van der Waals surface area contributed by atoms with Crippen LogP contribution in [0.15, 0.2) is 42.5 Å². The van der Waals surface area contributed by atoms with Gasteiger partial charge in [-0.2, -0.15) is 0 Å². The van der Waals surface area contributed by atoms with E-state index in [9.17, 15) is 5.11 Å². The number of fused-ring (bicyclic) bond motifs is 1. The summed E-state index contributed by atoms with van der Waals surface area (Å²) in [4.78, 5) is 2.49. The quantitative estimate of drug-likeness (QED) is 0.879. The van der Waals surface area contributed by atoms with Crippen molar-refractivity contribution < 1.29 is 5.11 Å². The predicted octanol–water partition coefficient (Wildman–Crippen LogP) is 3.58. The molecular formula is C19H23ClN2O. The maximum Gasteiger partial charge on any atom is 0.134 e. The molecule has 0 amide bonds. The Balaban J connectivity index is 1.52. The number of aromatic hydroxyl groups is 1. The van der Waals surface area contributed by atoms with Gasteiger partial charge < -0.3 is 10.4 Å². The van der Waals surface area contributed by atoms with Crippen LogP contribution in [0.3, 0.4) is 0 Å². The number of halogens is 1. The first-order valence-electron chi connectivity index (χ1n) is 8.12. The Kier molecular flexibility index (Phi) is 5.21. The number of phenolic OH excluding ortho intramolecular Hbond substituents is 1. The van der Waals surface area contributed by atoms with Gasteiger partial charge in [0, 0.05) is 32.2 Å². The summed E-state index contributed by atoms with van der Waals surface area (Å²) in [6, 6.07) is 14.4. The second-order valence-electron chi connectivity index (χ2n) is 6.29. The standard InChI is InChI=1S/C19H23ClN2O/c1-14(21-11-16-7-4-8-18(23)19(16)20)12-22-10-9-15-5-2-3-6-17(15)13-22/h2-8,14,21,23H,9-13H2,1H3. The highest BCUT2D eigenvalue weighted by Gasteiger charge is 2.17. The van der Waals surface area contributed by atoms with Crippen molar-refractivity contribution in [3.05, 3.63) is 64.2 Å². The van der Waals surface area contributed by atoms with Crippen LogP contribution < -0.4 is 5.32 Å². The number of hydrogen-bond acceptors (Lipinski definition) is 3. The van der Waals surface area contributed by atoms with E-state index in [0.717, 1.165) is 31.6 Å². The molecule has 0 radical (unpaired) electrons. The highest BCUT2D eigenvalue weighted by Crippen LogP contribution is 2.26. The predicted molar refractivity (Wildman–Crippen MR) is 94.8 cm³/mol. The summed E-state index contributed by atoms with van der Waals surface area (Å²) < 4.78 is 0. The molecule has 3 rings (SSSR count). The first-order chi connectivity index (χ1) is 11.1. The van der Waals surface area contributed by atoms with Gasteiger partial charge in [-0.05, 0) is 36.1 Å². The number of hydrogen-bond donors (Lipinski definition) is 2. The third kappa shape index (κ3) is 4.05. The van der Waals surface area contributed by atoms with E-state index in [0.29, 0.717) is 17.6 Å². The SMILES string of the molecule is CC(CN1CCc2ccccc2C1)NCc1cccc(O)c1Cl. The largest absolute Gasteiger partial charge is 0.506 e. The zero-order chi connectivity index (χ0) is 16.2. The van der Waals surface area contributed by atoms with Gasteiger partial charge in [0.2, 0.25) is 0 Å². The highest BCUT2D eigenvalue weighted by atomic mass is 35.5. The Labute approximate surface area is 142 Å². The van der Waals surface area contributed by atoms with E-state index in [2.05, 4.69) is 41.4 Å². The fourth-order valence-electron chi connectivity index (χ4n) is 3.15. The minimum absolute atomic E-state index is 0.145. The molecule has 4 heteroatoms. The Morgan fingerprint density at radius 1 is 1.17 bits per heavy atom. The summed E-state index contributed by atoms with van der Waals surface area (Å²) in [6.07, 6.45) is 1.13. The van der Waals surface area contributed by atoms with Crippen molar-refractivity contribution in [3.63, 3.8) is 0 Å². The third-order valence-corrected chi connectivity index (χ3v) is 4.88. The van der Waals surface area contributed by atoms with Gasteiger partial charge in [0.15, 0.2) is 0 Å². The molecule has 1 aliphatic rings. The maximum absolute atomic E-state index is 9.65. The topological polar surface area (TPSA) is 35.5 Å². The minimum Gasteiger partial charge on any atom is -0.506 e. The molecule has 1 unspecified atom stereocenters. The van der Waals surface area contributed by atoms with E-state index < -0.39 is 0 Å². The molecule has 2 aromatic rings. The lowest BCUT2D eigenvalue weighted by molar-refractivity contribution is 0.229. The Hall–Kier alpha value is -1.55. The van der Waals surface area contributed by atoms with Crippen molar-refractivity contribution in [1.82, 2.24) is 10.2 Å². The Morgan fingerprint density at radius 3 is 2.78 bits per heavy atom. The summed E-state index contributed by atoms with van der Waals surface area (Å²) >= 11 is 6.12. The van der Waals surface area contributed by atoms with Crippen LogP contribution in [0.5, 0.6) is 5.75 Å². The van der Waals surface area contributed by atoms with Gasteiger partial charge >= 0.3 is 0 Å². The Bertz CT molecular complexity index is 674. The van der Waals surface area contributed by atoms with Gasteiger partial charge in [-0.1, -0.05) is 48.0 Å². The van der Waals surface area contributed by atoms with Gasteiger partial charge in [0.05, 0.1) is 5.02 Å². The molecule has 23 heavy (non-hydrogen) atoms. The molecule has 1 aliphatic heterocycles. The molecule has 3 nitrogen and oxygen atoms in total. The summed E-state index contributed by atoms with van der Waals surface area (Å²) in [7, 11) is 0. The number of nitrogens with zero attached hydrogens (tertiary/aromatic N) is 1. The van der Waals surface area contributed by atoms with Crippen LogP contribution in [-0.2, 0) is 19.5 Å². The smallest absolute Gasteiger partial charge is 0.134 e. The van der Waals surface area contributed by atoms with E-state index in [1.54, 1.807) is 6.07 Å². The highest BCUT2D eigenvalue weighted by molar-refractivity contribution is 6.32. The van der Waals surface area contributed by atoms with Crippen LogP contribution in [0.2, 0.25) is 5.02 Å². The van der Waals surface area contributed by atoms with E-state index in [1.807, 2.05) is 12.1 Å². The summed E-state index contributed by atoms with van der Waals surface area (Å²) in [6.45, 7) is 5.99. The second kappa shape index (κ2) is 7.35. The first-order valence-corrected chi connectivity index (χ1v) is 8.50. The third-order valence-electron chi connectivity index (χ3n) is 4.44. The minimum atomic E-state index is 0.145. The van der Waals surface area contributed by atoms with Crippen molar-refractivity contribution in [2.45, 2.75) is 32.5 Å². The van der Waals surface area contributed by atoms with Crippen LogP contribution in [0.4, 0.5) is 0 Å². The summed E-state index contributed by atoms with van der Waals surface area (Å²) in [5.74, 6) is 0.145. The molecule has 2 N–H and O–H groups in total. The molecule has 1 heterocycles. The average molecular weight is 331 g/mol. The monoisotopic (exact) mass is 330 g/mol. The van der Waals surface area contributed by atoms with Crippen LogP contribution in [0, 0.1) is 0 Å². The van der Waals surface area contributed by atoms with E-state index in [4.69, 9.17) is 11.6 Å². The number of nitrogens with one attached hydrogen (secondary N) is 1. The molecule has 0 aliphatic carbocycles. The zero-order valence-electron chi connectivity index (χ0n) is 13.4. The zero-order valence-corrected chi connectivity index (χ0v) is 14.2. The van der Waals surface area contributed by atoms with E-state index in [1.165, 1.54) is 11.1 Å². The van der Waals surface area contributed by atoms with E-state index >= 15 is 0 Å². The second-order valence-corrected chi connectivity index (χ2v) is 6.66. The lowest BCUT2D eigenvalue weighted by Crippen LogP contribution is -2.41. The molecule has 0 saturated carbocycles. The number of benzene rings is 2. The van der Waals surface area contributed by atoms with Crippen LogP contribution in [0.1, 0.15) is 23.6 Å². The number of phenols is 1. The van der Waals surface area contributed by atoms with Gasteiger partial charge in [-0.15, -0.1) is 0 Å². The van der Waals surface area contributed by atoms with E-state index in [-0.39, 0.29) is 5.75 Å². The van der Waals surface area contributed by atoms with Crippen molar-refractivity contribution in [2.24, 2.45) is 0 Å². The summed E-state index contributed by atoms with van der Waals surface area (Å²) in [5, 5.41) is 13.6. The first kappa shape index (κ1) is 16.3. The lowest BCUT2D eigenvalue weighted by atomic mass is 9.99. The molecule has 0 saturated heterocycles. The maximum atomic E-state index is 9.65. The molecular weight excluding hydrogens is 308 g/mol. The average Bonchev–Trinajstić information content (AvgIpc) is 2.56. The molecule has 0 spiro atoms. The molecule has 2 aromatic carbocycles. The molecule has 1 atom stereocenters.